The molecule has 3 N–H and O–H groups in total. The van der Waals surface area contributed by atoms with Crippen LogP contribution < -0.4 is 5.73 Å². The highest BCUT2D eigenvalue weighted by atomic mass is 19.4. The van der Waals surface area contributed by atoms with Crippen molar-refractivity contribution >= 4 is 5.84 Å². The molecular weight excluding hydrogens is 277 g/mol. The zero-order valence-electron chi connectivity index (χ0n) is 11.3. The molecule has 1 heterocycles. The normalized spacial score (nSPS) is 19.4. The Morgan fingerprint density at radius 2 is 1.80 bits per heavy atom. The van der Waals surface area contributed by atoms with E-state index >= 15 is 0 Å². The van der Waals surface area contributed by atoms with E-state index < -0.39 is 12.8 Å². The van der Waals surface area contributed by atoms with Crippen molar-refractivity contribution in [2.45, 2.75) is 12.6 Å². The number of alkyl halides is 3. The number of hydrogen-bond acceptors (Lipinski definition) is 5. The van der Waals surface area contributed by atoms with Crippen LogP contribution in [0.15, 0.2) is 5.16 Å². The molecule has 1 fully saturated rings. The maximum absolute atomic E-state index is 11.8. The zero-order valence-corrected chi connectivity index (χ0v) is 11.3. The van der Waals surface area contributed by atoms with Crippen LogP contribution in [0, 0.1) is 0 Å². The van der Waals surface area contributed by atoms with E-state index in [0.717, 1.165) is 32.7 Å². The Bertz CT molecular complexity index is 305. The van der Waals surface area contributed by atoms with Gasteiger partial charge in [-0.3, -0.25) is 4.90 Å². The third-order valence-corrected chi connectivity index (χ3v) is 3.01. The molecule has 0 saturated carbocycles. The third-order valence-electron chi connectivity index (χ3n) is 3.01. The summed E-state index contributed by atoms with van der Waals surface area (Å²) in [7, 11) is 0. The number of rotatable bonds is 7. The Morgan fingerprint density at radius 3 is 2.35 bits per heavy atom. The highest BCUT2D eigenvalue weighted by molar-refractivity contribution is 5.81. The maximum atomic E-state index is 11.8. The topological polar surface area (TPSA) is 74.3 Å². The van der Waals surface area contributed by atoms with E-state index in [1.165, 1.54) is 0 Å². The number of halogens is 3. The lowest BCUT2D eigenvalue weighted by atomic mass is 10.3. The fraction of sp³-hybridized carbons (Fsp3) is 0.909. The lowest BCUT2D eigenvalue weighted by molar-refractivity contribution is -0.174. The van der Waals surface area contributed by atoms with Crippen LogP contribution in [0.2, 0.25) is 0 Å². The number of amidine groups is 1. The summed E-state index contributed by atoms with van der Waals surface area (Å²) < 4.78 is 40.1. The number of oxime groups is 1. The minimum Gasteiger partial charge on any atom is -0.409 e. The molecule has 1 aliphatic rings. The number of piperazine rings is 1. The summed E-state index contributed by atoms with van der Waals surface area (Å²) in [5.41, 5.74) is 5.42. The lowest BCUT2D eigenvalue weighted by Crippen LogP contribution is -2.49. The van der Waals surface area contributed by atoms with Crippen molar-refractivity contribution in [1.82, 2.24) is 9.80 Å². The molecular formula is C11H21F3N4O2. The first-order valence-electron chi connectivity index (χ1n) is 6.46. The molecule has 9 heteroatoms. The zero-order chi connectivity index (χ0) is 15.0. The van der Waals surface area contributed by atoms with Gasteiger partial charge in [-0.1, -0.05) is 5.16 Å². The van der Waals surface area contributed by atoms with Crippen LogP contribution >= 0.6 is 0 Å². The summed E-state index contributed by atoms with van der Waals surface area (Å²) in [4.78, 5) is 4.23. The number of hydrogen-bond donors (Lipinski definition) is 2. The molecule has 0 aliphatic carbocycles. The smallest absolute Gasteiger partial charge is 0.409 e. The molecule has 0 amide bonds. The van der Waals surface area contributed by atoms with E-state index in [4.69, 9.17) is 10.9 Å². The molecule has 0 aromatic carbocycles. The molecule has 0 radical (unpaired) electrons. The maximum Gasteiger partial charge on any atom is 0.411 e. The highest BCUT2D eigenvalue weighted by Crippen LogP contribution is 2.14. The van der Waals surface area contributed by atoms with E-state index in [-0.39, 0.29) is 12.4 Å². The van der Waals surface area contributed by atoms with Crippen LogP contribution in [-0.4, -0.2) is 79.5 Å². The van der Waals surface area contributed by atoms with Crippen LogP contribution in [0.3, 0.4) is 0 Å². The first kappa shape index (κ1) is 17.0. The Labute approximate surface area is 115 Å². The summed E-state index contributed by atoms with van der Waals surface area (Å²) in [6.45, 7) is 3.30. The third kappa shape index (κ3) is 7.51. The first-order chi connectivity index (χ1) is 9.40. The van der Waals surface area contributed by atoms with Gasteiger partial charge in [0.2, 0.25) is 0 Å². The predicted octanol–water partition coefficient (Wildman–Crippen LogP) is 0.319. The fourth-order valence-electron chi connectivity index (χ4n) is 2.01. The van der Waals surface area contributed by atoms with Gasteiger partial charge in [0.1, 0.15) is 6.61 Å². The van der Waals surface area contributed by atoms with E-state index in [0.29, 0.717) is 13.0 Å². The average Bonchev–Trinajstić information content (AvgIpc) is 2.39. The minimum atomic E-state index is -4.25. The van der Waals surface area contributed by atoms with Crippen LogP contribution in [0.5, 0.6) is 0 Å². The molecule has 0 aromatic heterocycles. The molecule has 0 unspecified atom stereocenters. The average molecular weight is 298 g/mol. The second-order valence-electron chi connectivity index (χ2n) is 4.73. The molecule has 1 saturated heterocycles. The van der Waals surface area contributed by atoms with Gasteiger partial charge in [0, 0.05) is 39.3 Å². The van der Waals surface area contributed by atoms with Gasteiger partial charge in [-0.2, -0.15) is 13.2 Å². The standard InChI is InChI=1S/C11H21F3N4O2/c12-11(13,14)9-20-7-1-2-17-3-5-18(6-4-17)8-10(15)16-19/h19H,1-9H2,(H2,15,16). The first-order valence-corrected chi connectivity index (χ1v) is 6.46. The van der Waals surface area contributed by atoms with E-state index in [9.17, 15) is 13.2 Å². The van der Waals surface area contributed by atoms with Gasteiger partial charge >= 0.3 is 6.18 Å². The monoisotopic (exact) mass is 298 g/mol. The summed E-state index contributed by atoms with van der Waals surface area (Å²) in [6, 6.07) is 0. The molecule has 20 heavy (non-hydrogen) atoms. The summed E-state index contributed by atoms with van der Waals surface area (Å²) in [6.07, 6.45) is -3.67. The Hall–Kier alpha value is -1.06. The Morgan fingerprint density at radius 1 is 1.20 bits per heavy atom. The molecule has 0 aromatic rings. The summed E-state index contributed by atoms with van der Waals surface area (Å²) >= 11 is 0. The van der Waals surface area contributed by atoms with Gasteiger partial charge in [-0.05, 0) is 6.42 Å². The van der Waals surface area contributed by atoms with Gasteiger partial charge in [-0.25, -0.2) is 0 Å². The van der Waals surface area contributed by atoms with E-state index in [2.05, 4.69) is 19.7 Å². The molecule has 6 nitrogen and oxygen atoms in total. The van der Waals surface area contributed by atoms with Gasteiger partial charge < -0.3 is 20.6 Å². The number of nitrogens with zero attached hydrogens (tertiary/aromatic N) is 3. The quantitative estimate of drug-likeness (QED) is 0.233. The Balaban J connectivity index is 2.05. The van der Waals surface area contributed by atoms with Crippen molar-refractivity contribution in [2.75, 3.05) is 52.5 Å². The Kier molecular flexibility index (Phi) is 7.03. The van der Waals surface area contributed by atoms with Crippen molar-refractivity contribution in [1.29, 1.82) is 0 Å². The van der Waals surface area contributed by atoms with Crippen LogP contribution in [0.4, 0.5) is 13.2 Å². The molecule has 118 valence electrons. The largest absolute Gasteiger partial charge is 0.411 e. The molecule has 0 spiro atoms. The predicted molar refractivity (Wildman–Crippen MR) is 67.8 cm³/mol. The van der Waals surface area contributed by atoms with Crippen molar-refractivity contribution in [2.24, 2.45) is 10.9 Å². The van der Waals surface area contributed by atoms with Crippen molar-refractivity contribution in [3.63, 3.8) is 0 Å². The van der Waals surface area contributed by atoms with Gasteiger partial charge in [0.25, 0.3) is 0 Å². The summed E-state index contributed by atoms with van der Waals surface area (Å²) in [5.74, 6) is 0.180. The second-order valence-corrected chi connectivity index (χ2v) is 4.73. The van der Waals surface area contributed by atoms with Crippen LogP contribution in [0.1, 0.15) is 6.42 Å². The van der Waals surface area contributed by atoms with E-state index in [1.54, 1.807) is 0 Å². The van der Waals surface area contributed by atoms with Crippen LogP contribution in [0.25, 0.3) is 0 Å². The van der Waals surface area contributed by atoms with Crippen LogP contribution in [-0.2, 0) is 4.74 Å². The minimum absolute atomic E-state index is 0.115. The van der Waals surface area contributed by atoms with Crippen molar-refractivity contribution in [3.05, 3.63) is 0 Å². The number of nitrogens with two attached hydrogens (primary N) is 1. The van der Waals surface area contributed by atoms with Crippen molar-refractivity contribution < 1.29 is 23.1 Å². The SMILES string of the molecule is NC(CN1CCN(CCCOCC(F)(F)F)CC1)=NO. The molecule has 0 bridgehead atoms. The van der Waals surface area contributed by atoms with Gasteiger partial charge in [0.15, 0.2) is 5.84 Å². The van der Waals surface area contributed by atoms with Gasteiger partial charge in [-0.15, -0.1) is 0 Å². The second kappa shape index (κ2) is 8.28. The summed E-state index contributed by atoms with van der Waals surface area (Å²) in [5, 5.41) is 11.4. The van der Waals surface area contributed by atoms with Gasteiger partial charge in [0.05, 0.1) is 6.54 Å². The van der Waals surface area contributed by atoms with Crippen molar-refractivity contribution in [3.8, 4) is 0 Å². The molecule has 0 atom stereocenters. The fourth-order valence-corrected chi connectivity index (χ4v) is 2.01. The molecule has 1 rings (SSSR count). The lowest BCUT2D eigenvalue weighted by Gasteiger charge is -2.34. The number of ether oxygens (including phenoxy) is 1. The molecule has 1 aliphatic heterocycles. The highest BCUT2D eigenvalue weighted by Gasteiger charge is 2.27. The van der Waals surface area contributed by atoms with E-state index in [1.807, 2.05) is 0 Å².